The summed E-state index contributed by atoms with van der Waals surface area (Å²) < 4.78 is 14.9. The Kier molecular flexibility index (Phi) is 4.49. The molecule has 1 heterocycles. The normalized spacial score (nSPS) is 12.8. The number of hydrogen-bond acceptors (Lipinski definition) is 3. The van der Waals surface area contributed by atoms with E-state index >= 15 is 0 Å². The molecule has 6 heteroatoms. The first-order valence-electron chi connectivity index (χ1n) is 7.14. The molecule has 0 fully saturated rings. The van der Waals surface area contributed by atoms with Crippen LogP contribution in [-0.2, 0) is 10.3 Å². The predicted octanol–water partition coefficient (Wildman–Crippen LogP) is 3.22. The summed E-state index contributed by atoms with van der Waals surface area (Å²) in [5.74, 6) is -0.626. The van der Waals surface area contributed by atoms with Gasteiger partial charge in [0.15, 0.2) is 0 Å². The zero-order valence-electron chi connectivity index (χ0n) is 13.2. The molecule has 1 aromatic carbocycles. The van der Waals surface area contributed by atoms with Gasteiger partial charge in [0.25, 0.3) is 0 Å². The van der Waals surface area contributed by atoms with Gasteiger partial charge in [-0.1, -0.05) is 6.07 Å². The minimum absolute atomic E-state index is 0.118. The maximum absolute atomic E-state index is 13.1. The Morgan fingerprint density at radius 2 is 2.05 bits per heavy atom. The Hall–Kier alpha value is -2.37. The molecule has 0 bridgehead atoms. The average Bonchev–Trinajstić information content (AvgIpc) is 2.87. The van der Waals surface area contributed by atoms with Crippen LogP contribution >= 0.6 is 0 Å². The van der Waals surface area contributed by atoms with Gasteiger partial charge in [-0.05, 0) is 45.9 Å². The average molecular weight is 304 g/mol. The Morgan fingerprint density at radius 1 is 1.32 bits per heavy atom. The number of aromatic nitrogens is 2. The van der Waals surface area contributed by atoms with Crippen molar-refractivity contribution in [2.45, 2.75) is 39.3 Å². The van der Waals surface area contributed by atoms with Crippen LogP contribution in [0.1, 0.15) is 27.7 Å². The van der Waals surface area contributed by atoms with Crippen LogP contribution in [0.4, 0.5) is 15.8 Å². The molecular weight excluding hydrogens is 283 g/mol. The van der Waals surface area contributed by atoms with Crippen molar-refractivity contribution in [1.29, 1.82) is 0 Å². The Balaban J connectivity index is 1.98. The molecule has 118 valence electrons. The lowest BCUT2D eigenvalue weighted by atomic mass is 10.1. The van der Waals surface area contributed by atoms with E-state index in [0.29, 0.717) is 5.69 Å². The minimum atomic E-state index is -0.471. The number of hydrogen-bond donors (Lipinski definition) is 2. The van der Waals surface area contributed by atoms with E-state index in [1.807, 2.05) is 31.6 Å². The van der Waals surface area contributed by atoms with E-state index < -0.39 is 6.04 Å². The maximum Gasteiger partial charge on any atom is 0.246 e. The molecule has 0 radical (unpaired) electrons. The summed E-state index contributed by atoms with van der Waals surface area (Å²) in [4.78, 5) is 12.1. The summed E-state index contributed by atoms with van der Waals surface area (Å²) in [6.45, 7) is 7.88. The van der Waals surface area contributed by atoms with Crippen LogP contribution in [0.5, 0.6) is 0 Å². The fourth-order valence-corrected chi connectivity index (χ4v) is 1.90. The van der Waals surface area contributed by atoms with Gasteiger partial charge < -0.3 is 10.6 Å². The Bertz CT molecular complexity index is 660. The van der Waals surface area contributed by atoms with Crippen molar-refractivity contribution in [3.05, 3.63) is 42.5 Å². The highest BCUT2D eigenvalue weighted by atomic mass is 19.1. The summed E-state index contributed by atoms with van der Waals surface area (Å²) in [7, 11) is 0. The molecule has 1 aromatic heterocycles. The Labute approximate surface area is 129 Å². The topological polar surface area (TPSA) is 59.0 Å². The monoisotopic (exact) mass is 304 g/mol. The van der Waals surface area contributed by atoms with Gasteiger partial charge in [0.05, 0.1) is 17.4 Å². The SMILES string of the molecule is CC(Nc1cnn(C(C)(C)C)c1)C(=O)Nc1cccc(F)c1. The third-order valence-electron chi connectivity index (χ3n) is 3.14. The molecule has 22 heavy (non-hydrogen) atoms. The first-order chi connectivity index (χ1) is 10.3. The van der Waals surface area contributed by atoms with Gasteiger partial charge in [-0.25, -0.2) is 4.39 Å². The number of nitrogens with zero attached hydrogens (tertiary/aromatic N) is 2. The Morgan fingerprint density at radius 3 is 2.64 bits per heavy atom. The van der Waals surface area contributed by atoms with Crippen molar-refractivity contribution in [2.75, 3.05) is 10.6 Å². The molecule has 1 amide bonds. The number of rotatable bonds is 4. The summed E-state index contributed by atoms with van der Waals surface area (Å²) in [6.07, 6.45) is 3.53. The number of carbonyl (C=O) groups is 1. The fraction of sp³-hybridized carbons (Fsp3) is 0.375. The maximum atomic E-state index is 13.1. The molecule has 1 atom stereocenters. The van der Waals surface area contributed by atoms with Crippen molar-refractivity contribution in [3.8, 4) is 0 Å². The van der Waals surface area contributed by atoms with Gasteiger partial charge in [-0.2, -0.15) is 5.10 Å². The van der Waals surface area contributed by atoms with Gasteiger partial charge in [0, 0.05) is 11.9 Å². The first-order valence-corrected chi connectivity index (χ1v) is 7.14. The van der Waals surface area contributed by atoms with Crippen molar-refractivity contribution < 1.29 is 9.18 Å². The molecule has 2 N–H and O–H groups in total. The second-order valence-electron chi connectivity index (χ2n) is 6.21. The smallest absolute Gasteiger partial charge is 0.246 e. The van der Waals surface area contributed by atoms with Crippen LogP contribution in [0, 0.1) is 5.82 Å². The molecule has 2 rings (SSSR count). The zero-order valence-corrected chi connectivity index (χ0v) is 13.2. The molecule has 0 aliphatic carbocycles. The number of nitrogens with one attached hydrogen (secondary N) is 2. The number of benzene rings is 1. The van der Waals surface area contributed by atoms with Crippen molar-refractivity contribution in [1.82, 2.24) is 9.78 Å². The van der Waals surface area contributed by atoms with Crippen molar-refractivity contribution in [2.24, 2.45) is 0 Å². The molecule has 0 spiro atoms. The summed E-state index contributed by atoms with van der Waals surface area (Å²) in [6, 6.07) is 5.34. The number of anilines is 2. The van der Waals surface area contributed by atoms with E-state index in [1.165, 1.54) is 12.1 Å². The van der Waals surface area contributed by atoms with E-state index in [9.17, 15) is 9.18 Å². The number of carbonyl (C=O) groups excluding carboxylic acids is 1. The molecule has 1 unspecified atom stereocenters. The standard InChI is InChI=1S/C16H21FN4O/c1-11(15(22)20-13-7-5-6-12(17)8-13)19-14-9-18-21(10-14)16(2,3)4/h5-11,19H,1-4H3,(H,20,22). The second-order valence-corrected chi connectivity index (χ2v) is 6.21. The highest BCUT2D eigenvalue weighted by Crippen LogP contribution is 2.17. The lowest BCUT2D eigenvalue weighted by Crippen LogP contribution is -2.31. The molecule has 0 aliphatic rings. The van der Waals surface area contributed by atoms with Crippen LogP contribution in [0.15, 0.2) is 36.7 Å². The van der Waals surface area contributed by atoms with Crippen LogP contribution < -0.4 is 10.6 Å². The molecule has 5 nitrogen and oxygen atoms in total. The third-order valence-corrected chi connectivity index (χ3v) is 3.14. The van der Waals surface area contributed by atoms with E-state index in [4.69, 9.17) is 0 Å². The van der Waals surface area contributed by atoms with Crippen molar-refractivity contribution >= 4 is 17.3 Å². The lowest BCUT2D eigenvalue weighted by Gasteiger charge is -2.19. The summed E-state index contributed by atoms with van der Waals surface area (Å²) in [5, 5.41) is 10.0. The molecule has 0 saturated heterocycles. The molecular formula is C16H21FN4O. The zero-order chi connectivity index (χ0) is 16.3. The third kappa shape index (κ3) is 4.07. The van der Waals surface area contributed by atoms with Gasteiger partial charge in [0.2, 0.25) is 5.91 Å². The largest absolute Gasteiger partial charge is 0.371 e. The lowest BCUT2D eigenvalue weighted by molar-refractivity contribution is -0.116. The number of halogens is 1. The molecule has 0 aliphatic heterocycles. The fourth-order valence-electron chi connectivity index (χ4n) is 1.90. The van der Waals surface area contributed by atoms with E-state index in [-0.39, 0.29) is 17.3 Å². The van der Waals surface area contributed by atoms with Crippen LogP contribution in [0.3, 0.4) is 0 Å². The van der Waals surface area contributed by atoms with E-state index in [1.54, 1.807) is 25.3 Å². The van der Waals surface area contributed by atoms with Crippen LogP contribution in [-0.4, -0.2) is 21.7 Å². The van der Waals surface area contributed by atoms with Crippen molar-refractivity contribution in [3.63, 3.8) is 0 Å². The predicted molar refractivity (Wildman–Crippen MR) is 85.3 cm³/mol. The van der Waals surface area contributed by atoms with Gasteiger partial charge in [0.1, 0.15) is 11.9 Å². The van der Waals surface area contributed by atoms with E-state index in [2.05, 4.69) is 15.7 Å². The number of amides is 1. The van der Waals surface area contributed by atoms with Gasteiger partial charge >= 0.3 is 0 Å². The second kappa shape index (κ2) is 6.17. The highest BCUT2D eigenvalue weighted by Gasteiger charge is 2.17. The van der Waals surface area contributed by atoms with Crippen LogP contribution in [0.25, 0.3) is 0 Å². The molecule has 0 saturated carbocycles. The van der Waals surface area contributed by atoms with Gasteiger partial charge in [-0.3, -0.25) is 9.48 Å². The first kappa shape index (κ1) is 16.0. The quantitative estimate of drug-likeness (QED) is 0.912. The van der Waals surface area contributed by atoms with E-state index in [0.717, 1.165) is 5.69 Å². The minimum Gasteiger partial charge on any atom is -0.371 e. The summed E-state index contributed by atoms with van der Waals surface area (Å²) in [5.41, 5.74) is 1.08. The molecule has 2 aromatic rings. The van der Waals surface area contributed by atoms with Crippen LogP contribution in [0.2, 0.25) is 0 Å². The summed E-state index contributed by atoms with van der Waals surface area (Å²) >= 11 is 0. The van der Waals surface area contributed by atoms with Gasteiger partial charge in [-0.15, -0.1) is 0 Å². The highest BCUT2D eigenvalue weighted by molar-refractivity contribution is 5.96.